The zero-order valence-electron chi connectivity index (χ0n) is 4.02. The maximum absolute atomic E-state index is 4.88. The summed E-state index contributed by atoms with van der Waals surface area (Å²) in [5.41, 5.74) is 0. The number of ether oxygens (including phenoxy) is 2. The van der Waals surface area contributed by atoms with Crippen molar-refractivity contribution in [2.24, 2.45) is 0 Å². The van der Waals surface area contributed by atoms with E-state index in [2.05, 4.69) is 6.58 Å². The molecule has 0 N–H and O–H groups in total. The maximum atomic E-state index is 4.88. The van der Waals surface area contributed by atoms with Crippen molar-refractivity contribution in [2.75, 3.05) is 13.2 Å². The van der Waals surface area contributed by atoms with Crippen LogP contribution in [0, 0.1) is 6.29 Å². The van der Waals surface area contributed by atoms with E-state index in [1.54, 1.807) is 6.08 Å². The maximum Gasteiger partial charge on any atom is 0.248 e. The molecule has 0 saturated carbocycles. The first kappa shape index (κ1) is 4.81. The largest absolute Gasteiger partial charge is 0.339 e. The minimum absolute atomic E-state index is 0.556. The zero-order chi connectivity index (χ0) is 5.11. The fourth-order valence-electron chi connectivity index (χ4n) is 0.444. The molecule has 1 fully saturated rings. The van der Waals surface area contributed by atoms with Crippen LogP contribution in [-0.4, -0.2) is 13.2 Å². The van der Waals surface area contributed by atoms with E-state index in [4.69, 9.17) is 9.47 Å². The molecule has 1 radical (unpaired) electrons. The Morgan fingerprint density at radius 2 is 2.00 bits per heavy atom. The van der Waals surface area contributed by atoms with Crippen LogP contribution >= 0.6 is 0 Å². The van der Waals surface area contributed by atoms with Gasteiger partial charge in [0.05, 0.1) is 13.2 Å². The van der Waals surface area contributed by atoms with Crippen LogP contribution in [0.5, 0.6) is 0 Å². The molecule has 1 aliphatic rings. The van der Waals surface area contributed by atoms with Crippen LogP contribution in [0.4, 0.5) is 0 Å². The predicted molar refractivity (Wildman–Crippen MR) is 25.3 cm³/mol. The fraction of sp³-hybridized carbons (Fsp3) is 0.400. The average Bonchev–Trinajstić information content (AvgIpc) is 2.14. The van der Waals surface area contributed by atoms with Crippen LogP contribution in [0.2, 0.25) is 0 Å². The standard InChI is InChI=1S/C5H7O2/c1-2-5-6-3-4-7-5/h2H,1,3-4H2. The van der Waals surface area contributed by atoms with Crippen LogP contribution < -0.4 is 0 Å². The Labute approximate surface area is 42.7 Å². The van der Waals surface area contributed by atoms with Gasteiger partial charge in [-0.3, -0.25) is 0 Å². The molecule has 0 bridgehead atoms. The highest BCUT2D eigenvalue weighted by Gasteiger charge is 2.12. The molecule has 0 unspecified atom stereocenters. The van der Waals surface area contributed by atoms with Gasteiger partial charge in [-0.25, -0.2) is 0 Å². The quantitative estimate of drug-likeness (QED) is 0.482. The molecular formula is C5H7O2. The molecule has 39 valence electrons. The SMILES string of the molecule is C=C[C]1OCCO1. The van der Waals surface area contributed by atoms with E-state index in [-0.39, 0.29) is 0 Å². The first-order valence-corrected chi connectivity index (χ1v) is 2.18. The summed E-state index contributed by atoms with van der Waals surface area (Å²) < 4.78 is 9.76. The van der Waals surface area contributed by atoms with Gasteiger partial charge < -0.3 is 9.47 Å². The second kappa shape index (κ2) is 2.09. The Kier molecular flexibility index (Phi) is 1.44. The van der Waals surface area contributed by atoms with Crippen molar-refractivity contribution >= 4 is 0 Å². The molecule has 0 aromatic rings. The van der Waals surface area contributed by atoms with E-state index in [1.165, 1.54) is 0 Å². The molecule has 0 spiro atoms. The van der Waals surface area contributed by atoms with Crippen LogP contribution in [0.3, 0.4) is 0 Å². The summed E-state index contributed by atoms with van der Waals surface area (Å²) in [6, 6.07) is 0. The highest BCUT2D eigenvalue weighted by molar-refractivity contribution is 4.90. The lowest BCUT2D eigenvalue weighted by Crippen LogP contribution is -1.87. The summed E-state index contributed by atoms with van der Waals surface area (Å²) in [6.45, 7) is 4.79. The Morgan fingerprint density at radius 1 is 1.43 bits per heavy atom. The summed E-state index contributed by atoms with van der Waals surface area (Å²) in [5.74, 6) is 0. The molecular weight excluding hydrogens is 92.1 g/mol. The van der Waals surface area contributed by atoms with Crippen LogP contribution in [0.25, 0.3) is 0 Å². The van der Waals surface area contributed by atoms with E-state index in [0.29, 0.717) is 19.5 Å². The molecule has 0 aromatic heterocycles. The van der Waals surface area contributed by atoms with Crippen molar-refractivity contribution in [2.45, 2.75) is 0 Å². The predicted octanol–water partition coefficient (Wildman–Crippen LogP) is 0.709. The van der Waals surface area contributed by atoms with Crippen LogP contribution in [0.15, 0.2) is 12.7 Å². The third-order valence-corrected chi connectivity index (χ3v) is 0.739. The molecule has 2 nitrogen and oxygen atoms in total. The Morgan fingerprint density at radius 3 is 2.29 bits per heavy atom. The lowest BCUT2D eigenvalue weighted by Gasteiger charge is -1.94. The van der Waals surface area contributed by atoms with Gasteiger partial charge in [-0.2, -0.15) is 0 Å². The van der Waals surface area contributed by atoms with Gasteiger partial charge in [-0.15, -0.1) is 0 Å². The van der Waals surface area contributed by atoms with Crippen molar-refractivity contribution in [1.82, 2.24) is 0 Å². The third-order valence-electron chi connectivity index (χ3n) is 0.739. The van der Waals surface area contributed by atoms with E-state index < -0.39 is 0 Å². The first-order chi connectivity index (χ1) is 3.43. The highest BCUT2D eigenvalue weighted by atomic mass is 16.7. The number of hydrogen-bond donors (Lipinski definition) is 0. The number of hydrogen-bond acceptors (Lipinski definition) is 2. The van der Waals surface area contributed by atoms with Crippen molar-refractivity contribution in [3.8, 4) is 0 Å². The second-order valence-electron chi connectivity index (χ2n) is 1.22. The van der Waals surface area contributed by atoms with E-state index in [0.717, 1.165) is 0 Å². The van der Waals surface area contributed by atoms with Gasteiger partial charge in [0.25, 0.3) is 0 Å². The number of rotatable bonds is 1. The topological polar surface area (TPSA) is 18.5 Å². The lowest BCUT2D eigenvalue weighted by atomic mass is 10.6. The molecule has 0 aliphatic carbocycles. The lowest BCUT2D eigenvalue weighted by molar-refractivity contribution is 0.105. The Hall–Kier alpha value is -0.340. The van der Waals surface area contributed by atoms with E-state index in [9.17, 15) is 0 Å². The van der Waals surface area contributed by atoms with Gasteiger partial charge in [-0.05, 0) is 6.08 Å². The Bertz CT molecular complexity index is 64.5. The molecule has 0 amide bonds. The summed E-state index contributed by atoms with van der Waals surface area (Å²) in [4.78, 5) is 0. The molecule has 1 rings (SSSR count). The fourth-order valence-corrected chi connectivity index (χ4v) is 0.444. The van der Waals surface area contributed by atoms with Crippen molar-refractivity contribution < 1.29 is 9.47 Å². The van der Waals surface area contributed by atoms with Gasteiger partial charge >= 0.3 is 0 Å². The monoisotopic (exact) mass is 99.0 g/mol. The summed E-state index contributed by atoms with van der Waals surface area (Å²) in [6.07, 6.45) is 2.12. The average molecular weight is 99.1 g/mol. The molecule has 7 heavy (non-hydrogen) atoms. The van der Waals surface area contributed by atoms with Crippen molar-refractivity contribution in [3.63, 3.8) is 0 Å². The summed E-state index contributed by atoms with van der Waals surface area (Å²) in [7, 11) is 0. The van der Waals surface area contributed by atoms with E-state index in [1.807, 2.05) is 0 Å². The van der Waals surface area contributed by atoms with Crippen LogP contribution in [0.1, 0.15) is 0 Å². The molecule has 1 saturated heterocycles. The Balaban J connectivity index is 2.26. The first-order valence-electron chi connectivity index (χ1n) is 2.18. The van der Waals surface area contributed by atoms with Gasteiger partial charge in [-0.1, -0.05) is 6.58 Å². The van der Waals surface area contributed by atoms with Gasteiger partial charge in [0, 0.05) is 0 Å². The summed E-state index contributed by atoms with van der Waals surface area (Å²) in [5, 5.41) is 0. The minimum atomic E-state index is 0.556. The second-order valence-corrected chi connectivity index (χ2v) is 1.22. The molecule has 1 aliphatic heterocycles. The van der Waals surface area contributed by atoms with Gasteiger partial charge in [0.2, 0.25) is 6.29 Å². The summed E-state index contributed by atoms with van der Waals surface area (Å²) >= 11 is 0. The smallest absolute Gasteiger partial charge is 0.248 e. The third kappa shape index (κ3) is 1.01. The zero-order valence-corrected chi connectivity index (χ0v) is 4.02. The molecule has 2 heteroatoms. The van der Waals surface area contributed by atoms with E-state index >= 15 is 0 Å². The van der Waals surface area contributed by atoms with Crippen molar-refractivity contribution in [3.05, 3.63) is 18.9 Å². The normalized spacial score (nSPS) is 22.9. The molecule has 0 aromatic carbocycles. The van der Waals surface area contributed by atoms with Gasteiger partial charge in [0.15, 0.2) is 0 Å². The van der Waals surface area contributed by atoms with Gasteiger partial charge in [0.1, 0.15) is 0 Å². The van der Waals surface area contributed by atoms with Crippen LogP contribution in [-0.2, 0) is 9.47 Å². The van der Waals surface area contributed by atoms with Crippen molar-refractivity contribution in [1.29, 1.82) is 0 Å². The highest BCUT2D eigenvalue weighted by Crippen LogP contribution is 2.10. The minimum Gasteiger partial charge on any atom is -0.339 e. The molecule has 0 atom stereocenters. The molecule has 1 heterocycles.